The third-order valence-corrected chi connectivity index (χ3v) is 5.21. The number of hydrogen-bond acceptors (Lipinski definition) is 3. The molecule has 0 bridgehead atoms. The molecule has 1 heterocycles. The van der Waals surface area contributed by atoms with Crippen LogP contribution < -0.4 is 10.6 Å². The van der Waals surface area contributed by atoms with Crippen molar-refractivity contribution < 1.29 is 27.2 Å². The molecule has 3 atom stereocenters. The summed E-state index contributed by atoms with van der Waals surface area (Å²) < 4.78 is 58.3. The van der Waals surface area contributed by atoms with Crippen LogP contribution in [0, 0.1) is 11.8 Å². The molecule has 0 radical (unpaired) electrons. The lowest BCUT2D eigenvalue weighted by Crippen LogP contribution is -2.61. The molecule has 0 spiro atoms. The van der Waals surface area contributed by atoms with E-state index in [0.29, 0.717) is 17.2 Å². The monoisotopic (exact) mass is 490 g/mol. The highest BCUT2D eigenvalue weighted by Crippen LogP contribution is 2.40. The topological polar surface area (TPSA) is 58.2 Å². The summed E-state index contributed by atoms with van der Waals surface area (Å²) in [7, 11) is 0. The van der Waals surface area contributed by atoms with Gasteiger partial charge in [0.05, 0.1) is 12.1 Å². The molecule has 2 N–H and O–H groups in total. The van der Waals surface area contributed by atoms with Crippen LogP contribution >= 0.6 is 15.9 Å². The summed E-state index contributed by atoms with van der Waals surface area (Å²) in [6, 6.07) is 2.93. The second kappa shape index (κ2) is 9.48. The first-order valence-electron chi connectivity index (χ1n) is 9.43. The number of aldehydes is 1. The number of nitrogens with one attached hydrogen (secondary N) is 2. The minimum absolute atomic E-state index is 0.107. The minimum Gasteiger partial charge on any atom is -0.345 e. The van der Waals surface area contributed by atoms with Gasteiger partial charge in [-0.05, 0) is 44.4 Å². The van der Waals surface area contributed by atoms with Crippen molar-refractivity contribution in [1.29, 1.82) is 0 Å². The maximum atomic E-state index is 14.4. The maximum absolute atomic E-state index is 14.4. The van der Waals surface area contributed by atoms with E-state index in [1.54, 1.807) is 0 Å². The zero-order valence-corrected chi connectivity index (χ0v) is 18.2. The van der Waals surface area contributed by atoms with Gasteiger partial charge in [0, 0.05) is 17.3 Å². The maximum Gasteiger partial charge on any atom is 0.422 e. The number of alkyl halides is 4. The van der Waals surface area contributed by atoms with Crippen molar-refractivity contribution >= 4 is 28.1 Å². The van der Waals surface area contributed by atoms with Crippen molar-refractivity contribution in [1.82, 2.24) is 10.6 Å². The number of halogens is 5. The average molecular weight is 491 g/mol. The molecular formula is C21H23BrF4N2O2. The number of amides is 1. The molecule has 164 valence electrons. The van der Waals surface area contributed by atoms with Crippen molar-refractivity contribution in [2.75, 3.05) is 0 Å². The van der Waals surface area contributed by atoms with E-state index < -0.39 is 41.8 Å². The van der Waals surface area contributed by atoms with Gasteiger partial charge in [0.25, 0.3) is 0 Å². The molecule has 0 saturated heterocycles. The van der Waals surface area contributed by atoms with Gasteiger partial charge in [0.15, 0.2) is 0 Å². The number of carbonyl (C=O) groups excluding carboxylic acids is 2. The first-order chi connectivity index (χ1) is 13.9. The molecule has 1 unspecified atom stereocenters. The van der Waals surface area contributed by atoms with Crippen molar-refractivity contribution in [3.63, 3.8) is 0 Å². The predicted octanol–water partition coefficient (Wildman–Crippen LogP) is 4.17. The zero-order valence-electron chi connectivity index (χ0n) is 16.6. The minimum atomic E-state index is -4.91. The number of rotatable bonds is 4. The average Bonchev–Trinajstić information content (AvgIpc) is 2.65. The summed E-state index contributed by atoms with van der Waals surface area (Å²) in [5, 5.41) is 4.73. The Labute approximate surface area is 181 Å². The van der Waals surface area contributed by atoms with Crippen LogP contribution in [0.1, 0.15) is 45.1 Å². The molecule has 1 aromatic rings. The normalized spacial score (nSPS) is 26.0. The Morgan fingerprint density at radius 2 is 1.87 bits per heavy atom. The number of carbonyl (C=O) groups is 2. The van der Waals surface area contributed by atoms with Crippen LogP contribution in [-0.2, 0) is 15.1 Å². The quantitative estimate of drug-likeness (QED) is 0.378. The number of benzene rings is 1. The van der Waals surface area contributed by atoms with Crippen LogP contribution in [0.25, 0.3) is 0 Å². The third-order valence-electron chi connectivity index (χ3n) is 4.68. The van der Waals surface area contributed by atoms with Gasteiger partial charge in [-0.3, -0.25) is 10.1 Å². The van der Waals surface area contributed by atoms with E-state index in [1.165, 1.54) is 38.1 Å². The van der Waals surface area contributed by atoms with Gasteiger partial charge in [0.2, 0.25) is 11.4 Å². The van der Waals surface area contributed by atoms with Crippen LogP contribution in [0.5, 0.6) is 0 Å². The van der Waals surface area contributed by atoms with E-state index in [0.717, 1.165) is 0 Å². The second-order valence-corrected chi connectivity index (χ2v) is 8.74. The van der Waals surface area contributed by atoms with E-state index in [9.17, 15) is 27.2 Å². The summed E-state index contributed by atoms with van der Waals surface area (Å²) in [6.07, 6.45) is -4.27. The molecule has 1 amide bonds. The van der Waals surface area contributed by atoms with Crippen molar-refractivity contribution in [3.8, 4) is 11.8 Å². The lowest BCUT2D eigenvalue weighted by molar-refractivity contribution is -0.185. The van der Waals surface area contributed by atoms with Gasteiger partial charge in [-0.2, -0.15) is 13.2 Å². The highest BCUT2D eigenvalue weighted by Gasteiger charge is 2.57. The van der Waals surface area contributed by atoms with Crippen molar-refractivity contribution in [3.05, 3.63) is 34.3 Å². The Morgan fingerprint density at radius 1 is 1.23 bits per heavy atom. The zero-order chi connectivity index (χ0) is 22.6. The summed E-state index contributed by atoms with van der Waals surface area (Å²) in [5.41, 5.74) is -5.05. The first kappa shape index (κ1) is 24.4. The lowest BCUT2D eigenvalue weighted by Gasteiger charge is -2.37. The lowest BCUT2D eigenvalue weighted by atomic mass is 9.86. The fourth-order valence-corrected chi connectivity index (χ4v) is 3.49. The Hall–Kier alpha value is -1.92. The Bertz CT molecular complexity index is 825. The fourth-order valence-electron chi connectivity index (χ4n) is 3.23. The molecule has 0 aliphatic carbocycles. The fraction of sp³-hybridized carbons (Fsp3) is 0.524. The Kier molecular flexibility index (Phi) is 7.69. The Morgan fingerprint density at radius 3 is 2.40 bits per heavy atom. The summed E-state index contributed by atoms with van der Waals surface area (Å²) in [5.74, 6) is 3.94. The van der Waals surface area contributed by atoms with Crippen LogP contribution in [0.3, 0.4) is 0 Å². The van der Waals surface area contributed by atoms with Crippen molar-refractivity contribution in [2.45, 2.75) is 69.0 Å². The van der Waals surface area contributed by atoms with E-state index in [1.807, 2.05) is 0 Å². The van der Waals surface area contributed by atoms with E-state index in [-0.39, 0.29) is 18.4 Å². The molecule has 1 aliphatic rings. The number of hydrogen-bond donors (Lipinski definition) is 2. The molecule has 30 heavy (non-hydrogen) atoms. The largest absolute Gasteiger partial charge is 0.422 e. The molecule has 1 aliphatic heterocycles. The molecule has 0 saturated carbocycles. The van der Waals surface area contributed by atoms with E-state index >= 15 is 0 Å². The first-order valence-corrected chi connectivity index (χ1v) is 10.2. The smallest absolute Gasteiger partial charge is 0.345 e. The third kappa shape index (κ3) is 6.05. The van der Waals surface area contributed by atoms with E-state index in [2.05, 4.69) is 38.4 Å². The van der Waals surface area contributed by atoms with E-state index in [4.69, 9.17) is 0 Å². The van der Waals surface area contributed by atoms with Gasteiger partial charge in [-0.15, -0.1) is 5.92 Å². The molecule has 0 aromatic heterocycles. The van der Waals surface area contributed by atoms with Crippen LogP contribution in [0.4, 0.5) is 17.6 Å². The molecule has 0 fully saturated rings. The highest BCUT2D eigenvalue weighted by atomic mass is 79.9. The van der Waals surface area contributed by atoms with Crippen LogP contribution in [0.15, 0.2) is 28.7 Å². The van der Waals surface area contributed by atoms with Crippen LogP contribution in [-0.4, -0.2) is 36.1 Å². The van der Waals surface area contributed by atoms with Crippen molar-refractivity contribution in [2.24, 2.45) is 0 Å². The van der Waals surface area contributed by atoms with Gasteiger partial charge in [0.1, 0.15) is 12.0 Å². The van der Waals surface area contributed by atoms with Gasteiger partial charge < -0.3 is 10.1 Å². The molecule has 4 nitrogen and oxygen atoms in total. The molecule has 2 rings (SSSR count). The SMILES string of the molecule is CC(C)(F)C[C@@H]1N[C@@](c2ccc(Br)cc2)(C(F)(F)F)C#CCCCC(C=O)NC1=O. The Balaban J connectivity index is 2.64. The molecular weight excluding hydrogens is 468 g/mol. The van der Waals surface area contributed by atoms with Crippen LogP contribution in [0.2, 0.25) is 0 Å². The van der Waals surface area contributed by atoms with Gasteiger partial charge >= 0.3 is 6.18 Å². The standard InChI is InChI=1S/C21H23BrF4N2O2/c1-19(2,23)12-17-18(30)27-16(13-29)6-4-3-5-11-20(28-17,21(24,25)26)14-7-9-15(22)10-8-14/h7-10,13,16-17,28H,3-4,6,12H2,1-2H3,(H,27,30)/t16?,17-,20-/m0/s1. The van der Waals surface area contributed by atoms with Gasteiger partial charge in [-0.25, -0.2) is 4.39 Å². The summed E-state index contributed by atoms with van der Waals surface area (Å²) >= 11 is 3.19. The summed E-state index contributed by atoms with van der Waals surface area (Å²) in [6.45, 7) is 2.34. The summed E-state index contributed by atoms with van der Waals surface area (Å²) in [4.78, 5) is 24.0. The molecule has 9 heteroatoms. The highest BCUT2D eigenvalue weighted by molar-refractivity contribution is 9.10. The molecule has 1 aromatic carbocycles. The second-order valence-electron chi connectivity index (χ2n) is 7.82. The predicted molar refractivity (Wildman–Crippen MR) is 108 cm³/mol. The van der Waals surface area contributed by atoms with Gasteiger partial charge in [-0.1, -0.05) is 34.0 Å².